The maximum absolute atomic E-state index is 10.8. The van der Waals surface area contributed by atoms with Crippen molar-refractivity contribution in [3.63, 3.8) is 0 Å². The first-order chi connectivity index (χ1) is 7.99. The molecule has 0 aliphatic rings. The molecule has 2 aromatic rings. The summed E-state index contributed by atoms with van der Waals surface area (Å²) < 4.78 is 1.61. The molecule has 0 amide bonds. The molecule has 0 aliphatic heterocycles. The summed E-state index contributed by atoms with van der Waals surface area (Å²) in [6.45, 7) is 5.42. The van der Waals surface area contributed by atoms with E-state index in [1.165, 1.54) is 6.20 Å². The Morgan fingerprint density at radius 2 is 2.06 bits per heavy atom. The van der Waals surface area contributed by atoms with Crippen LogP contribution in [0.5, 0.6) is 0 Å². The van der Waals surface area contributed by atoms with E-state index < -0.39 is 5.97 Å². The van der Waals surface area contributed by atoms with Gasteiger partial charge in [0.05, 0.1) is 5.56 Å². The van der Waals surface area contributed by atoms with Crippen LogP contribution in [-0.4, -0.2) is 30.8 Å². The lowest BCUT2D eigenvalue weighted by Crippen LogP contribution is -2.07. The lowest BCUT2D eigenvalue weighted by molar-refractivity contribution is 0.0696. The van der Waals surface area contributed by atoms with E-state index >= 15 is 0 Å². The first-order valence-electron chi connectivity index (χ1n) is 5.09. The van der Waals surface area contributed by atoms with Gasteiger partial charge in [0.2, 0.25) is 0 Å². The fourth-order valence-electron chi connectivity index (χ4n) is 1.63. The summed E-state index contributed by atoms with van der Waals surface area (Å²) in [5, 5.41) is 13.1. The first-order valence-corrected chi connectivity index (χ1v) is 5.09. The van der Waals surface area contributed by atoms with E-state index in [0.29, 0.717) is 11.6 Å². The molecule has 0 bridgehead atoms. The van der Waals surface area contributed by atoms with Crippen LogP contribution in [0, 0.1) is 20.8 Å². The van der Waals surface area contributed by atoms with Gasteiger partial charge < -0.3 is 5.11 Å². The second-order valence-corrected chi connectivity index (χ2v) is 3.79. The minimum absolute atomic E-state index is 0.167. The lowest BCUT2D eigenvalue weighted by Gasteiger charge is -2.06. The lowest BCUT2D eigenvalue weighted by atomic mass is 10.2. The van der Waals surface area contributed by atoms with E-state index in [9.17, 15) is 4.79 Å². The minimum Gasteiger partial charge on any atom is -0.478 e. The van der Waals surface area contributed by atoms with Crippen LogP contribution in [-0.2, 0) is 0 Å². The molecule has 2 rings (SSSR count). The SMILES string of the molecule is Cc1nc(C)n(-c2ncc(C(=O)O)cc2C)n1. The van der Waals surface area contributed by atoms with Gasteiger partial charge in [0.1, 0.15) is 11.6 Å². The molecule has 0 radical (unpaired) electrons. The monoisotopic (exact) mass is 232 g/mol. The quantitative estimate of drug-likeness (QED) is 0.843. The molecule has 6 nitrogen and oxygen atoms in total. The second-order valence-electron chi connectivity index (χ2n) is 3.79. The smallest absolute Gasteiger partial charge is 0.337 e. The van der Waals surface area contributed by atoms with E-state index in [-0.39, 0.29) is 5.56 Å². The number of aryl methyl sites for hydroxylation is 3. The molecule has 0 saturated heterocycles. The molecule has 0 saturated carbocycles. The molecule has 0 spiro atoms. The molecule has 1 N–H and O–H groups in total. The highest BCUT2D eigenvalue weighted by Gasteiger charge is 2.11. The van der Waals surface area contributed by atoms with Crippen molar-refractivity contribution in [1.29, 1.82) is 0 Å². The summed E-state index contributed by atoms with van der Waals surface area (Å²) >= 11 is 0. The van der Waals surface area contributed by atoms with Crippen molar-refractivity contribution >= 4 is 5.97 Å². The molecule has 2 aromatic heterocycles. The molecular weight excluding hydrogens is 220 g/mol. The third-order valence-corrected chi connectivity index (χ3v) is 2.37. The molecule has 88 valence electrons. The van der Waals surface area contributed by atoms with Crippen LogP contribution in [0.25, 0.3) is 5.82 Å². The number of carboxylic acid groups (broad SMARTS) is 1. The van der Waals surface area contributed by atoms with Crippen molar-refractivity contribution in [3.05, 3.63) is 35.0 Å². The molecule has 0 fully saturated rings. The molecule has 0 atom stereocenters. The molecule has 17 heavy (non-hydrogen) atoms. The van der Waals surface area contributed by atoms with E-state index in [2.05, 4.69) is 15.1 Å². The Kier molecular flexibility index (Phi) is 2.63. The molecule has 0 unspecified atom stereocenters. The van der Waals surface area contributed by atoms with Crippen molar-refractivity contribution in [3.8, 4) is 5.82 Å². The zero-order chi connectivity index (χ0) is 12.6. The molecule has 6 heteroatoms. The number of nitrogens with zero attached hydrogens (tertiary/aromatic N) is 4. The Bertz CT molecular complexity index is 589. The maximum Gasteiger partial charge on any atom is 0.337 e. The van der Waals surface area contributed by atoms with E-state index in [1.807, 2.05) is 6.92 Å². The van der Waals surface area contributed by atoms with Gasteiger partial charge in [0, 0.05) is 6.20 Å². The zero-order valence-electron chi connectivity index (χ0n) is 9.80. The van der Waals surface area contributed by atoms with E-state index in [4.69, 9.17) is 5.11 Å². The Hall–Kier alpha value is -2.24. The fourth-order valence-corrected chi connectivity index (χ4v) is 1.63. The van der Waals surface area contributed by atoms with Gasteiger partial charge in [-0.25, -0.2) is 14.8 Å². The van der Waals surface area contributed by atoms with Gasteiger partial charge in [-0.1, -0.05) is 0 Å². The summed E-state index contributed by atoms with van der Waals surface area (Å²) in [6.07, 6.45) is 1.32. The number of aromatic carboxylic acids is 1. The van der Waals surface area contributed by atoms with Crippen LogP contribution in [0.1, 0.15) is 27.6 Å². The van der Waals surface area contributed by atoms with Crippen LogP contribution in [0.4, 0.5) is 0 Å². The first kappa shape index (κ1) is 11.3. The third kappa shape index (κ3) is 2.01. The Balaban J connectivity index is 2.54. The third-order valence-electron chi connectivity index (χ3n) is 2.37. The summed E-state index contributed by atoms with van der Waals surface area (Å²) in [6, 6.07) is 1.57. The average molecular weight is 232 g/mol. The van der Waals surface area contributed by atoms with Crippen molar-refractivity contribution in [2.75, 3.05) is 0 Å². The Morgan fingerprint density at radius 1 is 1.35 bits per heavy atom. The number of aromatic nitrogens is 4. The molecule has 0 aromatic carbocycles. The number of pyridine rings is 1. The number of hydrogen-bond donors (Lipinski definition) is 1. The highest BCUT2D eigenvalue weighted by molar-refractivity contribution is 5.87. The fraction of sp³-hybridized carbons (Fsp3) is 0.273. The Labute approximate surface area is 98.0 Å². The number of rotatable bonds is 2. The largest absolute Gasteiger partial charge is 0.478 e. The topological polar surface area (TPSA) is 80.9 Å². The van der Waals surface area contributed by atoms with Gasteiger partial charge in [-0.05, 0) is 32.4 Å². The van der Waals surface area contributed by atoms with E-state index in [1.54, 1.807) is 24.6 Å². The van der Waals surface area contributed by atoms with Gasteiger partial charge in [0.25, 0.3) is 0 Å². The van der Waals surface area contributed by atoms with Crippen LogP contribution in [0.3, 0.4) is 0 Å². The number of hydrogen-bond acceptors (Lipinski definition) is 4. The van der Waals surface area contributed by atoms with Gasteiger partial charge in [-0.3, -0.25) is 0 Å². The predicted octanol–water partition coefficient (Wildman–Crippen LogP) is 1.29. The number of carboxylic acids is 1. The second kappa shape index (κ2) is 3.97. The normalized spacial score (nSPS) is 10.5. The highest BCUT2D eigenvalue weighted by Crippen LogP contribution is 2.13. The summed E-state index contributed by atoms with van der Waals surface area (Å²) in [5.74, 6) is 0.999. The van der Waals surface area contributed by atoms with Crippen molar-refractivity contribution in [2.45, 2.75) is 20.8 Å². The zero-order valence-corrected chi connectivity index (χ0v) is 9.80. The van der Waals surface area contributed by atoms with Crippen LogP contribution < -0.4 is 0 Å². The van der Waals surface area contributed by atoms with Crippen LogP contribution >= 0.6 is 0 Å². The van der Waals surface area contributed by atoms with Crippen molar-refractivity contribution in [2.24, 2.45) is 0 Å². The standard InChI is InChI=1S/C11H12N4O2/c1-6-4-9(11(16)17)5-12-10(6)15-8(3)13-7(2)14-15/h4-5H,1-3H3,(H,16,17). The average Bonchev–Trinajstić information content (AvgIpc) is 2.57. The van der Waals surface area contributed by atoms with Crippen molar-refractivity contribution < 1.29 is 9.90 Å². The summed E-state index contributed by atoms with van der Waals surface area (Å²) in [5.41, 5.74) is 0.915. The number of carbonyl (C=O) groups is 1. The van der Waals surface area contributed by atoms with Gasteiger partial charge in [-0.15, -0.1) is 5.10 Å². The maximum atomic E-state index is 10.8. The summed E-state index contributed by atoms with van der Waals surface area (Å²) in [4.78, 5) is 19.1. The molecule has 0 aliphatic carbocycles. The van der Waals surface area contributed by atoms with E-state index in [0.717, 1.165) is 11.4 Å². The van der Waals surface area contributed by atoms with Crippen LogP contribution in [0.15, 0.2) is 12.3 Å². The molecule has 2 heterocycles. The summed E-state index contributed by atoms with van der Waals surface area (Å²) in [7, 11) is 0. The Morgan fingerprint density at radius 3 is 2.53 bits per heavy atom. The predicted molar refractivity (Wildman–Crippen MR) is 60.3 cm³/mol. The van der Waals surface area contributed by atoms with Crippen molar-refractivity contribution in [1.82, 2.24) is 19.7 Å². The van der Waals surface area contributed by atoms with Gasteiger partial charge >= 0.3 is 5.97 Å². The minimum atomic E-state index is -0.987. The highest BCUT2D eigenvalue weighted by atomic mass is 16.4. The molecular formula is C11H12N4O2. The van der Waals surface area contributed by atoms with Gasteiger partial charge in [-0.2, -0.15) is 4.68 Å². The van der Waals surface area contributed by atoms with Crippen LogP contribution in [0.2, 0.25) is 0 Å². The van der Waals surface area contributed by atoms with Gasteiger partial charge in [0.15, 0.2) is 5.82 Å².